The van der Waals surface area contributed by atoms with E-state index in [9.17, 15) is 9.59 Å². The second-order valence-corrected chi connectivity index (χ2v) is 2.98. The lowest BCUT2D eigenvalue weighted by Crippen LogP contribution is -2.14. The summed E-state index contributed by atoms with van der Waals surface area (Å²) < 4.78 is 0. The van der Waals surface area contributed by atoms with Gasteiger partial charge in [0.2, 0.25) is 5.91 Å². The third-order valence-electron chi connectivity index (χ3n) is 1.54. The molecule has 0 bridgehead atoms. The number of rotatable bonds is 3. The molecular weight excluding hydrogens is 182 g/mol. The molecule has 0 atom stereocenters. The van der Waals surface area contributed by atoms with Crippen LogP contribution in [0.5, 0.6) is 5.75 Å². The number of hydrogen-bond donors (Lipinski definition) is 2. The Morgan fingerprint density at radius 1 is 1.43 bits per heavy atom. The molecule has 0 unspecified atom stereocenters. The molecule has 14 heavy (non-hydrogen) atoms. The fourth-order valence-electron chi connectivity index (χ4n) is 1.01. The smallest absolute Gasteiger partial charge is 0.231 e. The van der Waals surface area contributed by atoms with Gasteiger partial charge in [-0.1, -0.05) is 6.07 Å². The van der Waals surface area contributed by atoms with Crippen molar-refractivity contribution >= 4 is 17.4 Å². The molecule has 0 aliphatic carbocycles. The van der Waals surface area contributed by atoms with Crippen LogP contribution in [-0.4, -0.2) is 16.8 Å². The second-order valence-electron chi connectivity index (χ2n) is 2.98. The number of ketones is 1. The number of carbonyl (C=O) groups excluding carboxylic acids is 2. The zero-order valence-corrected chi connectivity index (χ0v) is 7.78. The quantitative estimate of drug-likeness (QED) is 0.711. The summed E-state index contributed by atoms with van der Waals surface area (Å²) in [6, 6.07) is 6.16. The third-order valence-corrected chi connectivity index (χ3v) is 1.54. The molecule has 1 aromatic carbocycles. The maximum absolute atomic E-state index is 11.1. The molecule has 74 valence electrons. The first kappa shape index (κ1) is 10.2. The van der Waals surface area contributed by atoms with Crippen LogP contribution in [0.4, 0.5) is 5.69 Å². The van der Waals surface area contributed by atoms with E-state index in [1.54, 1.807) is 12.1 Å². The number of phenolic OH excluding ortho intramolecular Hbond substituents is 1. The molecule has 1 amide bonds. The molecule has 0 aromatic heterocycles. The zero-order valence-electron chi connectivity index (χ0n) is 7.78. The summed E-state index contributed by atoms with van der Waals surface area (Å²) in [6.45, 7) is 1.35. The summed E-state index contributed by atoms with van der Waals surface area (Å²) in [5.74, 6) is -0.489. The number of aromatic hydroxyl groups is 1. The number of Topliss-reactive ketones (excluding diaryl/α,β-unsaturated/α-hetero) is 1. The van der Waals surface area contributed by atoms with Crippen LogP contribution in [0.3, 0.4) is 0 Å². The van der Waals surface area contributed by atoms with Crippen molar-refractivity contribution in [2.75, 3.05) is 5.32 Å². The van der Waals surface area contributed by atoms with Crippen molar-refractivity contribution in [2.45, 2.75) is 13.3 Å². The minimum absolute atomic E-state index is 0.0747. The highest BCUT2D eigenvalue weighted by Crippen LogP contribution is 2.15. The molecule has 4 heteroatoms. The van der Waals surface area contributed by atoms with Crippen LogP contribution in [0.15, 0.2) is 24.3 Å². The summed E-state index contributed by atoms with van der Waals surface area (Å²) in [7, 11) is 0. The topological polar surface area (TPSA) is 66.4 Å². The van der Waals surface area contributed by atoms with Gasteiger partial charge in [0.25, 0.3) is 0 Å². The first-order valence-electron chi connectivity index (χ1n) is 4.16. The van der Waals surface area contributed by atoms with E-state index >= 15 is 0 Å². The highest BCUT2D eigenvalue weighted by atomic mass is 16.3. The second kappa shape index (κ2) is 4.41. The van der Waals surface area contributed by atoms with Crippen molar-refractivity contribution in [1.82, 2.24) is 0 Å². The van der Waals surface area contributed by atoms with Gasteiger partial charge in [0.1, 0.15) is 11.5 Å². The average molecular weight is 193 g/mol. The molecule has 0 saturated carbocycles. The lowest BCUT2D eigenvalue weighted by atomic mass is 10.2. The maximum atomic E-state index is 11.1. The van der Waals surface area contributed by atoms with Crippen LogP contribution in [-0.2, 0) is 9.59 Å². The summed E-state index contributed by atoms with van der Waals surface area (Å²) in [4.78, 5) is 21.7. The Balaban J connectivity index is 2.60. The highest BCUT2D eigenvalue weighted by molar-refractivity contribution is 6.03. The van der Waals surface area contributed by atoms with Crippen molar-refractivity contribution in [3.63, 3.8) is 0 Å². The summed E-state index contributed by atoms with van der Waals surface area (Å²) >= 11 is 0. The molecule has 4 nitrogen and oxygen atoms in total. The molecule has 0 radical (unpaired) electrons. The Morgan fingerprint density at radius 2 is 2.14 bits per heavy atom. The van der Waals surface area contributed by atoms with E-state index in [4.69, 9.17) is 5.11 Å². The predicted molar refractivity (Wildman–Crippen MR) is 52.0 cm³/mol. The van der Waals surface area contributed by atoms with E-state index in [1.165, 1.54) is 19.1 Å². The summed E-state index contributed by atoms with van der Waals surface area (Å²) in [5.41, 5.74) is 0.483. The van der Waals surface area contributed by atoms with Gasteiger partial charge in [-0.2, -0.15) is 0 Å². The largest absolute Gasteiger partial charge is 0.508 e. The molecule has 0 aliphatic heterocycles. The van der Waals surface area contributed by atoms with Crippen LogP contribution in [0.1, 0.15) is 13.3 Å². The van der Waals surface area contributed by atoms with Crippen LogP contribution in [0.2, 0.25) is 0 Å². The Kier molecular flexibility index (Phi) is 3.23. The Labute approximate surface area is 81.6 Å². The van der Waals surface area contributed by atoms with Gasteiger partial charge in [-0.05, 0) is 19.1 Å². The van der Waals surface area contributed by atoms with Crippen molar-refractivity contribution in [2.24, 2.45) is 0 Å². The van der Waals surface area contributed by atoms with Crippen molar-refractivity contribution in [1.29, 1.82) is 0 Å². The van der Waals surface area contributed by atoms with Gasteiger partial charge in [0.05, 0.1) is 6.42 Å². The molecule has 1 aromatic rings. The van der Waals surface area contributed by atoms with Crippen molar-refractivity contribution < 1.29 is 14.7 Å². The van der Waals surface area contributed by atoms with E-state index in [0.29, 0.717) is 5.69 Å². The van der Waals surface area contributed by atoms with Gasteiger partial charge in [0.15, 0.2) is 0 Å². The Hall–Kier alpha value is -1.84. The average Bonchev–Trinajstić information content (AvgIpc) is 2.01. The minimum atomic E-state index is -0.372. The van der Waals surface area contributed by atoms with Crippen LogP contribution in [0, 0.1) is 0 Å². The Morgan fingerprint density at radius 3 is 2.71 bits per heavy atom. The van der Waals surface area contributed by atoms with Gasteiger partial charge in [-0.25, -0.2) is 0 Å². The number of benzene rings is 1. The van der Waals surface area contributed by atoms with E-state index < -0.39 is 0 Å². The van der Waals surface area contributed by atoms with Gasteiger partial charge in [-0.3, -0.25) is 9.59 Å². The van der Waals surface area contributed by atoms with Gasteiger partial charge in [0, 0.05) is 11.8 Å². The lowest BCUT2D eigenvalue weighted by molar-refractivity contribution is -0.124. The predicted octanol–water partition coefficient (Wildman–Crippen LogP) is 1.31. The van der Waals surface area contributed by atoms with Crippen LogP contribution >= 0.6 is 0 Å². The normalized spacial score (nSPS) is 9.50. The van der Waals surface area contributed by atoms with Gasteiger partial charge in [-0.15, -0.1) is 0 Å². The molecule has 0 saturated heterocycles. The zero-order chi connectivity index (χ0) is 10.6. The molecule has 0 heterocycles. The van der Waals surface area contributed by atoms with Gasteiger partial charge >= 0.3 is 0 Å². The number of phenols is 1. The fraction of sp³-hybridized carbons (Fsp3) is 0.200. The van der Waals surface area contributed by atoms with E-state index in [2.05, 4.69) is 5.32 Å². The molecule has 0 spiro atoms. The number of anilines is 1. The van der Waals surface area contributed by atoms with Crippen molar-refractivity contribution in [3.05, 3.63) is 24.3 Å². The number of carbonyl (C=O) groups is 2. The third kappa shape index (κ3) is 3.26. The number of amides is 1. The molecule has 0 aliphatic rings. The van der Waals surface area contributed by atoms with Gasteiger partial charge < -0.3 is 10.4 Å². The Bertz CT molecular complexity index is 360. The highest BCUT2D eigenvalue weighted by Gasteiger charge is 2.05. The summed E-state index contributed by atoms with van der Waals surface area (Å²) in [5, 5.41) is 11.6. The van der Waals surface area contributed by atoms with Crippen LogP contribution < -0.4 is 5.32 Å². The number of nitrogens with one attached hydrogen (secondary N) is 1. The molecule has 2 N–H and O–H groups in total. The van der Waals surface area contributed by atoms with E-state index in [0.717, 1.165) is 0 Å². The summed E-state index contributed by atoms with van der Waals surface area (Å²) in [6.07, 6.45) is -0.143. The first-order valence-corrected chi connectivity index (χ1v) is 4.16. The molecule has 1 rings (SSSR count). The van der Waals surface area contributed by atoms with Crippen LogP contribution in [0.25, 0.3) is 0 Å². The molecular formula is C10H11NO3. The SMILES string of the molecule is CC(=O)CC(=O)Nc1cccc(O)c1. The van der Waals surface area contributed by atoms with E-state index in [-0.39, 0.29) is 23.9 Å². The fourth-order valence-corrected chi connectivity index (χ4v) is 1.01. The maximum Gasteiger partial charge on any atom is 0.231 e. The first-order chi connectivity index (χ1) is 6.58. The minimum Gasteiger partial charge on any atom is -0.508 e. The van der Waals surface area contributed by atoms with E-state index in [1.807, 2.05) is 0 Å². The standard InChI is InChI=1S/C10H11NO3/c1-7(12)5-10(14)11-8-3-2-4-9(13)6-8/h2-4,6,13H,5H2,1H3,(H,11,14). The monoisotopic (exact) mass is 193 g/mol. The lowest BCUT2D eigenvalue weighted by Gasteiger charge is -2.03. The van der Waals surface area contributed by atoms with Crippen molar-refractivity contribution in [3.8, 4) is 5.75 Å². The number of hydrogen-bond acceptors (Lipinski definition) is 3. The molecule has 0 fully saturated rings.